The number of fused-ring (bicyclic) bond motifs is 4. The zero-order valence-electron chi connectivity index (χ0n) is 28.0. The SMILES string of the molecule is COCCOCCOCCN(CCCC(C)=O)c1cc(C)cc(COc2cc3c(cc2OC)C(=O)N2c4ccccc4C[C@H]2CN3)c1. The van der Waals surface area contributed by atoms with Gasteiger partial charge in [-0.15, -0.1) is 0 Å². The van der Waals surface area contributed by atoms with Crippen LogP contribution < -0.4 is 24.6 Å². The van der Waals surface area contributed by atoms with Crippen molar-refractivity contribution >= 4 is 28.8 Å². The van der Waals surface area contributed by atoms with Crippen molar-refractivity contribution in [1.29, 1.82) is 0 Å². The van der Waals surface area contributed by atoms with Crippen LogP contribution >= 0.6 is 0 Å². The first-order valence-corrected chi connectivity index (χ1v) is 16.4. The number of carbonyl (C=O) groups excluding carboxylic acids is 2. The first kappa shape index (κ1) is 34.2. The van der Waals surface area contributed by atoms with E-state index in [1.165, 1.54) is 5.56 Å². The number of para-hydroxylation sites is 1. The molecule has 0 saturated heterocycles. The van der Waals surface area contributed by atoms with Gasteiger partial charge in [0.25, 0.3) is 5.91 Å². The molecule has 0 unspecified atom stereocenters. The van der Waals surface area contributed by atoms with Crippen molar-refractivity contribution in [2.24, 2.45) is 0 Å². The molecule has 0 aromatic heterocycles. The summed E-state index contributed by atoms with van der Waals surface area (Å²) in [5, 5.41) is 3.50. The molecule has 2 aliphatic rings. The van der Waals surface area contributed by atoms with Crippen LogP contribution in [0.15, 0.2) is 54.6 Å². The molecule has 2 aliphatic heterocycles. The third kappa shape index (κ3) is 8.82. The molecule has 0 saturated carbocycles. The predicted molar refractivity (Wildman–Crippen MR) is 183 cm³/mol. The second-order valence-corrected chi connectivity index (χ2v) is 12.1. The molecule has 5 rings (SSSR count). The van der Waals surface area contributed by atoms with E-state index >= 15 is 0 Å². The summed E-state index contributed by atoms with van der Waals surface area (Å²) < 4.78 is 28.4. The number of benzene rings is 3. The van der Waals surface area contributed by atoms with Crippen LogP contribution in [0.2, 0.25) is 0 Å². The minimum atomic E-state index is -0.0411. The molecule has 1 atom stereocenters. The van der Waals surface area contributed by atoms with Crippen molar-refractivity contribution in [3.05, 3.63) is 76.9 Å². The fourth-order valence-corrected chi connectivity index (χ4v) is 6.21. The maximum atomic E-state index is 13.8. The summed E-state index contributed by atoms with van der Waals surface area (Å²) in [4.78, 5) is 29.6. The number of methoxy groups -OCH3 is 2. The lowest BCUT2D eigenvalue weighted by Crippen LogP contribution is -2.39. The lowest BCUT2D eigenvalue weighted by atomic mass is 10.1. The molecule has 0 bridgehead atoms. The Bertz CT molecular complexity index is 1530. The highest BCUT2D eigenvalue weighted by Crippen LogP contribution is 2.40. The Hall–Kier alpha value is -4.12. The zero-order valence-corrected chi connectivity index (χ0v) is 28.0. The number of hydrogen-bond donors (Lipinski definition) is 1. The molecule has 252 valence electrons. The van der Waals surface area contributed by atoms with Crippen molar-refractivity contribution in [1.82, 2.24) is 0 Å². The molecule has 0 aliphatic carbocycles. The van der Waals surface area contributed by atoms with E-state index in [1.807, 2.05) is 29.2 Å². The first-order chi connectivity index (χ1) is 22.9. The van der Waals surface area contributed by atoms with Gasteiger partial charge in [-0.2, -0.15) is 0 Å². The van der Waals surface area contributed by atoms with Gasteiger partial charge in [0.15, 0.2) is 11.5 Å². The normalized spacial score (nSPS) is 14.9. The molecule has 1 N–H and O–H groups in total. The number of nitrogens with zero attached hydrogens (tertiary/aromatic N) is 2. The number of amides is 1. The summed E-state index contributed by atoms with van der Waals surface area (Å²) in [6.07, 6.45) is 2.11. The number of hydrogen-bond acceptors (Lipinski definition) is 9. The van der Waals surface area contributed by atoms with Crippen LogP contribution in [0.4, 0.5) is 17.1 Å². The van der Waals surface area contributed by atoms with Crippen LogP contribution in [0, 0.1) is 6.92 Å². The van der Waals surface area contributed by atoms with Gasteiger partial charge >= 0.3 is 0 Å². The fourth-order valence-electron chi connectivity index (χ4n) is 6.21. The van der Waals surface area contributed by atoms with Gasteiger partial charge in [0.1, 0.15) is 12.4 Å². The van der Waals surface area contributed by atoms with Gasteiger partial charge < -0.3 is 43.6 Å². The average molecular weight is 646 g/mol. The highest BCUT2D eigenvalue weighted by molar-refractivity contribution is 6.12. The molecule has 3 aromatic rings. The molecule has 10 heteroatoms. The van der Waals surface area contributed by atoms with Crippen molar-refractivity contribution < 1.29 is 33.3 Å². The van der Waals surface area contributed by atoms with Gasteiger partial charge in [-0.1, -0.05) is 24.3 Å². The lowest BCUT2D eigenvalue weighted by molar-refractivity contribution is -0.117. The summed E-state index contributed by atoms with van der Waals surface area (Å²) in [5.41, 5.74) is 6.62. The third-order valence-corrected chi connectivity index (χ3v) is 8.50. The summed E-state index contributed by atoms with van der Waals surface area (Å²) in [6, 6.07) is 18.2. The van der Waals surface area contributed by atoms with E-state index in [1.54, 1.807) is 27.2 Å². The Kier molecular flexibility index (Phi) is 12.1. The number of nitrogens with one attached hydrogen (secondary N) is 1. The number of anilines is 3. The zero-order chi connectivity index (χ0) is 33.2. The van der Waals surface area contributed by atoms with E-state index in [0.29, 0.717) is 76.2 Å². The first-order valence-electron chi connectivity index (χ1n) is 16.4. The average Bonchev–Trinajstić information content (AvgIpc) is 3.38. The van der Waals surface area contributed by atoms with Crippen molar-refractivity contribution in [3.63, 3.8) is 0 Å². The lowest BCUT2D eigenvalue weighted by Gasteiger charge is -2.26. The fraction of sp³-hybridized carbons (Fsp3) is 0.459. The maximum absolute atomic E-state index is 13.8. The number of carbonyl (C=O) groups is 2. The number of rotatable bonds is 18. The topological polar surface area (TPSA) is 98.8 Å². The summed E-state index contributed by atoms with van der Waals surface area (Å²) in [5.74, 6) is 1.22. The molecular formula is C37H47N3O7. The maximum Gasteiger partial charge on any atom is 0.260 e. The van der Waals surface area contributed by atoms with Crippen LogP contribution in [-0.2, 0) is 32.0 Å². The van der Waals surface area contributed by atoms with Crippen LogP contribution in [0.3, 0.4) is 0 Å². The number of Topliss-reactive ketones (excluding diaryl/α,β-unsaturated/α-hetero) is 1. The Morgan fingerprint density at radius 1 is 0.957 bits per heavy atom. The minimum absolute atomic E-state index is 0.0411. The number of ketones is 1. The molecule has 47 heavy (non-hydrogen) atoms. The molecule has 10 nitrogen and oxygen atoms in total. The summed E-state index contributed by atoms with van der Waals surface area (Å²) in [6.45, 7) is 8.74. The van der Waals surface area contributed by atoms with Gasteiger partial charge in [-0.3, -0.25) is 4.79 Å². The van der Waals surface area contributed by atoms with E-state index in [0.717, 1.165) is 47.6 Å². The number of ether oxygens (including phenoxy) is 5. The molecule has 0 spiro atoms. The summed E-state index contributed by atoms with van der Waals surface area (Å²) in [7, 11) is 3.24. The Labute approximate surface area is 277 Å². The van der Waals surface area contributed by atoms with Crippen LogP contribution in [-0.4, -0.2) is 84.6 Å². The third-order valence-electron chi connectivity index (χ3n) is 8.50. The Balaban J connectivity index is 1.27. The highest BCUT2D eigenvalue weighted by atomic mass is 16.5. The van der Waals surface area contributed by atoms with Gasteiger partial charge in [-0.05, 0) is 67.6 Å². The van der Waals surface area contributed by atoms with Gasteiger partial charge in [0, 0.05) is 50.6 Å². The van der Waals surface area contributed by atoms with E-state index in [4.69, 9.17) is 23.7 Å². The van der Waals surface area contributed by atoms with E-state index < -0.39 is 0 Å². The highest BCUT2D eigenvalue weighted by Gasteiger charge is 2.37. The van der Waals surface area contributed by atoms with Crippen LogP contribution in [0.25, 0.3) is 0 Å². The molecule has 1 amide bonds. The largest absolute Gasteiger partial charge is 0.493 e. The second-order valence-electron chi connectivity index (χ2n) is 12.1. The molecule has 2 heterocycles. The molecule has 0 fully saturated rings. The van der Waals surface area contributed by atoms with Gasteiger partial charge in [0.2, 0.25) is 0 Å². The minimum Gasteiger partial charge on any atom is -0.493 e. The van der Waals surface area contributed by atoms with Crippen LogP contribution in [0.5, 0.6) is 11.5 Å². The second kappa shape index (κ2) is 16.6. The predicted octanol–water partition coefficient (Wildman–Crippen LogP) is 5.43. The Morgan fingerprint density at radius 3 is 2.53 bits per heavy atom. The monoisotopic (exact) mass is 645 g/mol. The number of aryl methyl sites for hydroxylation is 1. The molecule has 0 radical (unpaired) electrons. The van der Waals surface area contributed by atoms with E-state index in [-0.39, 0.29) is 17.7 Å². The summed E-state index contributed by atoms with van der Waals surface area (Å²) >= 11 is 0. The standard InChI is InChI=1S/C37H47N3O7/c1-26-18-28(20-30(19-26)39(11-7-8-27(2)41)12-13-45-16-17-46-15-14-43-3)25-47-36-23-33-32(22-35(36)44-4)37(42)40-31(24-38-33)21-29-9-5-6-10-34(29)40/h5-6,9-10,18-20,22-23,31,38H,7-8,11-17,21,24-25H2,1-4H3/t31-/m0/s1. The van der Waals surface area contributed by atoms with Crippen LogP contribution in [0.1, 0.15) is 46.8 Å². The molecule has 3 aromatic carbocycles. The van der Waals surface area contributed by atoms with Crippen molar-refractivity contribution in [3.8, 4) is 11.5 Å². The van der Waals surface area contributed by atoms with Crippen molar-refractivity contribution in [2.75, 3.05) is 82.0 Å². The smallest absolute Gasteiger partial charge is 0.260 e. The molecular weight excluding hydrogens is 598 g/mol. The van der Waals surface area contributed by atoms with Crippen molar-refractivity contribution in [2.45, 2.75) is 45.8 Å². The Morgan fingerprint density at radius 2 is 1.74 bits per heavy atom. The van der Waals surface area contributed by atoms with Gasteiger partial charge in [0.05, 0.1) is 57.4 Å². The quantitative estimate of drug-likeness (QED) is 0.182. The van der Waals surface area contributed by atoms with E-state index in [2.05, 4.69) is 41.4 Å². The van der Waals surface area contributed by atoms with Gasteiger partial charge in [-0.25, -0.2) is 0 Å². The van der Waals surface area contributed by atoms with E-state index in [9.17, 15) is 9.59 Å².